The molecule has 1 aromatic heterocycles. The molecule has 1 aromatic rings. The van der Waals surface area contributed by atoms with Crippen molar-refractivity contribution in [3.63, 3.8) is 0 Å². The zero-order valence-electron chi connectivity index (χ0n) is 12.1. The Labute approximate surface area is 110 Å². The number of nitrogens with one attached hydrogen (secondary N) is 1. The monoisotopic (exact) mass is 250 g/mol. The molecule has 0 aromatic carbocycles. The highest BCUT2D eigenvalue weighted by atomic mass is 15.3. The Balaban J connectivity index is 1.99. The number of aromatic nitrogens is 2. The standard InChI is InChI=1S/C14H26N4/c1-5-7-15-13-6-8-18(11(2)9-13)14-10-17(4)16-12(14)3/h10-11,13,15H,5-9H2,1-4H3. The van der Waals surface area contributed by atoms with E-state index in [1.807, 2.05) is 11.7 Å². The fourth-order valence-electron chi connectivity index (χ4n) is 2.93. The van der Waals surface area contributed by atoms with Crippen LogP contribution in [0.2, 0.25) is 0 Å². The summed E-state index contributed by atoms with van der Waals surface area (Å²) in [5.74, 6) is 0. The van der Waals surface area contributed by atoms with Crippen molar-refractivity contribution in [2.75, 3.05) is 18.0 Å². The van der Waals surface area contributed by atoms with Gasteiger partial charge in [-0.15, -0.1) is 0 Å². The Kier molecular flexibility index (Phi) is 4.27. The van der Waals surface area contributed by atoms with E-state index in [1.54, 1.807) is 0 Å². The Morgan fingerprint density at radius 3 is 2.83 bits per heavy atom. The number of aryl methyl sites for hydroxylation is 2. The van der Waals surface area contributed by atoms with Crippen LogP contribution >= 0.6 is 0 Å². The van der Waals surface area contributed by atoms with Crippen molar-refractivity contribution in [1.82, 2.24) is 15.1 Å². The van der Waals surface area contributed by atoms with Gasteiger partial charge in [0.05, 0.1) is 11.4 Å². The molecular formula is C14H26N4. The number of hydrogen-bond acceptors (Lipinski definition) is 3. The van der Waals surface area contributed by atoms with Crippen molar-refractivity contribution in [3.05, 3.63) is 11.9 Å². The molecule has 0 radical (unpaired) electrons. The highest BCUT2D eigenvalue weighted by Gasteiger charge is 2.26. The molecule has 2 rings (SSSR count). The number of nitrogens with zero attached hydrogens (tertiary/aromatic N) is 3. The predicted octanol–water partition coefficient (Wildman–Crippen LogP) is 2.09. The van der Waals surface area contributed by atoms with Gasteiger partial charge in [-0.25, -0.2) is 0 Å². The summed E-state index contributed by atoms with van der Waals surface area (Å²) in [7, 11) is 2.00. The third-order valence-electron chi connectivity index (χ3n) is 3.86. The Morgan fingerprint density at radius 2 is 2.28 bits per heavy atom. The van der Waals surface area contributed by atoms with Gasteiger partial charge in [0.15, 0.2) is 0 Å². The first kappa shape index (κ1) is 13.4. The van der Waals surface area contributed by atoms with Crippen LogP contribution in [0, 0.1) is 6.92 Å². The summed E-state index contributed by atoms with van der Waals surface area (Å²) >= 11 is 0. The first-order valence-corrected chi connectivity index (χ1v) is 7.12. The van der Waals surface area contributed by atoms with Crippen molar-refractivity contribution in [3.8, 4) is 0 Å². The molecule has 2 unspecified atom stereocenters. The van der Waals surface area contributed by atoms with Crippen LogP contribution in [0.4, 0.5) is 5.69 Å². The maximum Gasteiger partial charge on any atom is 0.0827 e. The minimum atomic E-state index is 0.594. The van der Waals surface area contributed by atoms with Gasteiger partial charge >= 0.3 is 0 Å². The van der Waals surface area contributed by atoms with Crippen LogP contribution in [0.15, 0.2) is 6.20 Å². The van der Waals surface area contributed by atoms with Gasteiger partial charge in [0.2, 0.25) is 0 Å². The maximum atomic E-state index is 4.45. The second kappa shape index (κ2) is 5.74. The van der Waals surface area contributed by atoms with Crippen LogP contribution in [-0.2, 0) is 7.05 Å². The molecule has 0 aliphatic carbocycles. The van der Waals surface area contributed by atoms with E-state index in [0.717, 1.165) is 18.8 Å². The van der Waals surface area contributed by atoms with Crippen LogP contribution in [0.1, 0.15) is 38.8 Å². The average Bonchev–Trinajstić information content (AvgIpc) is 2.66. The van der Waals surface area contributed by atoms with E-state index in [4.69, 9.17) is 0 Å². The summed E-state index contributed by atoms with van der Waals surface area (Å²) in [4.78, 5) is 2.51. The molecule has 4 nitrogen and oxygen atoms in total. The zero-order valence-corrected chi connectivity index (χ0v) is 12.1. The summed E-state index contributed by atoms with van der Waals surface area (Å²) in [6, 6.07) is 1.28. The molecule has 1 N–H and O–H groups in total. The second-order valence-electron chi connectivity index (χ2n) is 5.49. The Hall–Kier alpha value is -1.03. The van der Waals surface area contributed by atoms with E-state index >= 15 is 0 Å². The van der Waals surface area contributed by atoms with Crippen LogP contribution in [0.25, 0.3) is 0 Å². The quantitative estimate of drug-likeness (QED) is 0.888. The van der Waals surface area contributed by atoms with Crippen LogP contribution < -0.4 is 10.2 Å². The van der Waals surface area contributed by atoms with Crippen LogP contribution in [0.3, 0.4) is 0 Å². The van der Waals surface area contributed by atoms with Crippen molar-refractivity contribution < 1.29 is 0 Å². The topological polar surface area (TPSA) is 33.1 Å². The molecule has 0 saturated carbocycles. The Bertz CT molecular complexity index is 385. The highest BCUT2D eigenvalue weighted by Crippen LogP contribution is 2.26. The van der Waals surface area contributed by atoms with Crippen molar-refractivity contribution in [2.24, 2.45) is 7.05 Å². The van der Waals surface area contributed by atoms with E-state index in [1.165, 1.54) is 24.9 Å². The lowest BCUT2D eigenvalue weighted by atomic mass is 9.97. The first-order chi connectivity index (χ1) is 8.61. The van der Waals surface area contributed by atoms with Crippen LogP contribution in [0.5, 0.6) is 0 Å². The lowest BCUT2D eigenvalue weighted by molar-refractivity contribution is 0.368. The van der Waals surface area contributed by atoms with Crippen molar-refractivity contribution in [2.45, 2.75) is 52.1 Å². The second-order valence-corrected chi connectivity index (χ2v) is 5.49. The number of rotatable bonds is 4. The molecule has 0 amide bonds. The van der Waals surface area contributed by atoms with E-state index in [0.29, 0.717) is 12.1 Å². The average molecular weight is 250 g/mol. The fraction of sp³-hybridized carbons (Fsp3) is 0.786. The Morgan fingerprint density at radius 1 is 1.50 bits per heavy atom. The first-order valence-electron chi connectivity index (χ1n) is 7.12. The van der Waals surface area contributed by atoms with Gasteiger partial charge < -0.3 is 10.2 Å². The van der Waals surface area contributed by atoms with Crippen LogP contribution in [-0.4, -0.2) is 35.0 Å². The van der Waals surface area contributed by atoms with Gasteiger partial charge in [-0.05, 0) is 39.7 Å². The summed E-state index contributed by atoms with van der Waals surface area (Å²) in [6.07, 6.45) is 5.83. The number of anilines is 1. The number of hydrogen-bond donors (Lipinski definition) is 1. The summed E-state index contributed by atoms with van der Waals surface area (Å²) < 4.78 is 1.92. The fourth-order valence-corrected chi connectivity index (χ4v) is 2.93. The smallest absolute Gasteiger partial charge is 0.0827 e. The molecule has 1 aliphatic heterocycles. The lowest BCUT2D eigenvalue weighted by Gasteiger charge is -2.39. The largest absolute Gasteiger partial charge is 0.366 e. The maximum absolute atomic E-state index is 4.45. The molecule has 0 bridgehead atoms. The van der Waals surface area contributed by atoms with E-state index in [2.05, 4.69) is 42.3 Å². The van der Waals surface area contributed by atoms with E-state index in [-0.39, 0.29) is 0 Å². The molecular weight excluding hydrogens is 224 g/mol. The minimum Gasteiger partial charge on any atom is -0.366 e. The molecule has 18 heavy (non-hydrogen) atoms. The van der Waals surface area contributed by atoms with Gasteiger partial charge in [-0.1, -0.05) is 6.92 Å². The van der Waals surface area contributed by atoms with Crippen molar-refractivity contribution >= 4 is 5.69 Å². The van der Waals surface area contributed by atoms with Gasteiger partial charge in [0.25, 0.3) is 0 Å². The van der Waals surface area contributed by atoms with Crippen molar-refractivity contribution in [1.29, 1.82) is 0 Å². The van der Waals surface area contributed by atoms with Gasteiger partial charge in [-0.3, -0.25) is 4.68 Å². The SMILES string of the molecule is CCCNC1CCN(c2cn(C)nc2C)C(C)C1. The molecule has 1 saturated heterocycles. The lowest BCUT2D eigenvalue weighted by Crippen LogP contribution is -2.47. The molecule has 0 spiro atoms. The number of piperidine rings is 1. The van der Waals surface area contributed by atoms with Gasteiger partial charge in [0, 0.05) is 31.9 Å². The summed E-state index contributed by atoms with van der Waals surface area (Å²) in [5.41, 5.74) is 2.45. The predicted molar refractivity (Wildman–Crippen MR) is 76.1 cm³/mol. The van der Waals surface area contributed by atoms with Gasteiger partial charge in [-0.2, -0.15) is 5.10 Å². The van der Waals surface area contributed by atoms with E-state index < -0.39 is 0 Å². The summed E-state index contributed by atoms with van der Waals surface area (Å²) in [6.45, 7) is 8.93. The summed E-state index contributed by atoms with van der Waals surface area (Å²) in [5, 5.41) is 8.09. The van der Waals surface area contributed by atoms with Gasteiger partial charge in [0.1, 0.15) is 0 Å². The highest BCUT2D eigenvalue weighted by molar-refractivity contribution is 5.50. The minimum absolute atomic E-state index is 0.594. The normalized spacial score (nSPS) is 24.6. The molecule has 2 heterocycles. The van der Waals surface area contributed by atoms with E-state index in [9.17, 15) is 0 Å². The third kappa shape index (κ3) is 2.86. The molecule has 102 valence electrons. The third-order valence-corrected chi connectivity index (χ3v) is 3.86. The molecule has 1 aliphatic rings. The molecule has 1 fully saturated rings. The molecule has 4 heteroatoms. The zero-order chi connectivity index (χ0) is 13.1. The molecule has 2 atom stereocenters.